The van der Waals surface area contributed by atoms with Gasteiger partial charge in [-0.3, -0.25) is 4.72 Å². The third-order valence-electron chi connectivity index (χ3n) is 9.20. The van der Waals surface area contributed by atoms with E-state index in [4.69, 9.17) is 23.2 Å². The number of halogens is 2. The highest BCUT2D eigenvalue weighted by atomic mass is 35.5. The maximum Gasteiger partial charge on any atom is 0.0457 e. The zero-order chi connectivity index (χ0) is 25.4. The lowest BCUT2D eigenvalue weighted by Crippen LogP contribution is -2.54. The summed E-state index contributed by atoms with van der Waals surface area (Å²) in [5, 5.41) is 8.33. The molecule has 42 heavy (non-hydrogen) atoms. The first-order chi connectivity index (χ1) is 16.7. The van der Waals surface area contributed by atoms with Crippen molar-refractivity contribution >= 4 is 35.1 Å². The van der Waals surface area contributed by atoms with Gasteiger partial charge in [-0.1, -0.05) is 47.1 Å². The maximum absolute atomic E-state index is 6.60. The first-order valence-electron chi connectivity index (χ1n) is 14.4. The van der Waals surface area contributed by atoms with Gasteiger partial charge in [-0.2, -0.15) is 0 Å². The van der Waals surface area contributed by atoms with E-state index in [0.717, 1.165) is 51.0 Å². The molecule has 13 heteroatoms. The summed E-state index contributed by atoms with van der Waals surface area (Å²) in [5.41, 5.74) is 0.391. The van der Waals surface area contributed by atoms with Gasteiger partial charge in [0.25, 0.3) is 0 Å². The molecule has 0 amide bonds. The van der Waals surface area contributed by atoms with Gasteiger partial charge in [-0.15, -0.1) is 23.2 Å². The Morgan fingerprint density at radius 1 is 0.833 bits per heavy atom. The molecule has 5 atom stereocenters. The van der Waals surface area contributed by atoms with Crippen molar-refractivity contribution in [1.29, 1.82) is 0 Å². The van der Waals surface area contributed by atoms with E-state index in [1.165, 1.54) is 51.6 Å². The summed E-state index contributed by atoms with van der Waals surface area (Å²) in [6, 6.07) is 0.521. The van der Waals surface area contributed by atoms with Gasteiger partial charge >= 0.3 is 0 Å². The van der Waals surface area contributed by atoms with Gasteiger partial charge in [0.05, 0.1) is 0 Å². The van der Waals surface area contributed by atoms with Crippen molar-refractivity contribution in [3.8, 4) is 0 Å². The van der Waals surface area contributed by atoms with E-state index in [1.807, 2.05) is 0 Å². The molecule has 0 aromatic rings. The molecule has 0 aromatic carbocycles. The lowest BCUT2D eigenvalue weighted by atomic mass is 9.64. The lowest BCUT2D eigenvalue weighted by molar-refractivity contribution is 0.00474. The van der Waals surface area contributed by atoms with Crippen LogP contribution in [-0.2, 0) is 0 Å². The van der Waals surface area contributed by atoms with Gasteiger partial charge in [-0.05, 0) is 106 Å². The molecule has 0 bridgehead atoms. The monoisotopic (exact) mass is 672 g/mol. The van der Waals surface area contributed by atoms with Crippen LogP contribution in [0.2, 0.25) is 0 Å². The Balaban J connectivity index is -0.000000652. The van der Waals surface area contributed by atoms with Crippen molar-refractivity contribution in [2.24, 2.45) is 35.0 Å². The van der Waals surface area contributed by atoms with Gasteiger partial charge < -0.3 is 48.4 Å². The highest BCUT2D eigenvalue weighted by Gasteiger charge is 2.41. The Kier molecular flexibility index (Phi) is 31.9. The van der Waals surface area contributed by atoms with Crippen LogP contribution in [0.5, 0.6) is 0 Å². The lowest BCUT2D eigenvalue weighted by Gasteiger charge is -2.49. The summed E-state index contributed by atoms with van der Waals surface area (Å²) < 4.78 is 3.44. The van der Waals surface area contributed by atoms with Crippen molar-refractivity contribution in [1.82, 2.24) is 20.3 Å². The predicted octanol–water partition coefficient (Wildman–Crippen LogP) is 1.87. The summed E-state index contributed by atoms with van der Waals surface area (Å²) in [7, 11) is 0. The Morgan fingerprint density at radius 3 is 1.93 bits per heavy atom. The van der Waals surface area contributed by atoms with Gasteiger partial charge in [0.2, 0.25) is 0 Å². The van der Waals surface area contributed by atoms with E-state index < -0.39 is 0 Å². The van der Waals surface area contributed by atoms with Crippen LogP contribution in [0.15, 0.2) is 0 Å². The number of alkyl halides is 2. The average molecular weight is 674 g/mol. The second-order valence-electron chi connectivity index (χ2n) is 12.9. The SMILES string of the molecule is C.CSNCC1CC(Cl)CC(CNCN[C@@H](CN2CCC(C3CCC(Cl)CC3)C(C)(C)C2)C(C)C)C1.O.O.O.O.O.O. The van der Waals surface area contributed by atoms with E-state index in [-0.39, 0.29) is 40.3 Å². The van der Waals surface area contributed by atoms with E-state index in [1.54, 1.807) is 11.9 Å². The Morgan fingerprint density at radius 2 is 1.40 bits per heavy atom. The van der Waals surface area contributed by atoms with Gasteiger partial charge in [0.1, 0.15) is 0 Å². The van der Waals surface area contributed by atoms with Crippen molar-refractivity contribution in [3.05, 3.63) is 0 Å². The van der Waals surface area contributed by atoms with Crippen LogP contribution in [0.1, 0.15) is 86.5 Å². The van der Waals surface area contributed by atoms with E-state index in [2.05, 4.69) is 54.2 Å². The van der Waals surface area contributed by atoms with Crippen LogP contribution in [-0.4, -0.2) is 100 Å². The number of nitrogens with zero attached hydrogens (tertiary/aromatic N) is 1. The molecule has 3 rings (SSSR count). The molecule has 262 valence electrons. The van der Waals surface area contributed by atoms with Crippen LogP contribution in [0.4, 0.5) is 0 Å². The van der Waals surface area contributed by atoms with E-state index in [9.17, 15) is 0 Å². The highest BCUT2D eigenvalue weighted by molar-refractivity contribution is 7.96. The number of hydrogen-bond donors (Lipinski definition) is 3. The van der Waals surface area contributed by atoms with E-state index >= 15 is 0 Å². The number of hydrogen-bond acceptors (Lipinski definition) is 5. The predicted molar refractivity (Wildman–Crippen MR) is 185 cm³/mol. The fraction of sp³-hybridized carbons (Fsp3) is 1.00. The van der Waals surface area contributed by atoms with Crippen LogP contribution < -0.4 is 15.4 Å². The van der Waals surface area contributed by atoms with Crippen molar-refractivity contribution < 1.29 is 32.9 Å². The first-order valence-corrected chi connectivity index (χ1v) is 16.5. The maximum atomic E-state index is 6.60. The highest BCUT2D eigenvalue weighted by Crippen LogP contribution is 2.45. The molecule has 4 unspecified atom stereocenters. The first kappa shape index (κ1) is 52.1. The fourth-order valence-electron chi connectivity index (χ4n) is 7.28. The van der Waals surface area contributed by atoms with E-state index in [0.29, 0.717) is 40.0 Å². The zero-order valence-electron chi connectivity index (χ0n) is 26.1. The molecule has 1 heterocycles. The summed E-state index contributed by atoms with van der Waals surface area (Å²) in [5.74, 6) is 3.76. The zero-order valence-corrected chi connectivity index (χ0v) is 28.5. The third-order valence-corrected chi connectivity index (χ3v) is 10.5. The van der Waals surface area contributed by atoms with Gasteiger partial charge in [0.15, 0.2) is 0 Å². The minimum absolute atomic E-state index is 0. The number of piperidine rings is 1. The minimum atomic E-state index is 0. The van der Waals surface area contributed by atoms with Crippen LogP contribution >= 0.6 is 35.1 Å². The minimum Gasteiger partial charge on any atom is -0.412 e. The van der Waals surface area contributed by atoms with Crippen LogP contribution in [0, 0.1) is 35.0 Å². The van der Waals surface area contributed by atoms with Crippen LogP contribution in [0.25, 0.3) is 0 Å². The molecule has 0 radical (unpaired) electrons. The number of nitrogens with one attached hydrogen (secondary N) is 3. The second-order valence-corrected chi connectivity index (χ2v) is 14.8. The summed E-state index contributed by atoms with van der Waals surface area (Å²) in [6.07, 6.45) is 12.2. The molecule has 3 fully saturated rings. The normalized spacial score (nSPS) is 29.4. The van der Waals surface area contributed by atoms with Crippen LogP contribution in [0.3, 0.4) is 0 Å². The molecule has 0 aromatic heterocycles. The molecule has 1 saturated heterocycles. The van der Waals surface area contributed by atoms with Crippen molar-refractivity contribution in [2.75, 3.05) is 45.6 Å². The molecule has 0 spiro atoms. The average Bonchev–Trinajstić information content (AvgIpc) is 2.79. The molecule has 3 aliphatic rings. The molecular weight excluding hydrogens is 603 g/mol. The fourth-order valence-corrected chi connectivity index (χ4v) is 8.44. The van der Waals surface area contributed by atoms with Crippen molar-refractivity contribution in [3.63, 3.8) is 0 Å². The Bertz CT molecular complexity index is 625. The summed E-state index contributed by atoms with van der Waals surface area (Å²) >= 11 is 14.7. The largest absolute Gasteiger partial charge is 0.412 e. The molecule has 2 aliphatic carbocycles. The third kappa shape index (κ3) is 16.7. The standard InChI is InChI=1S/C28H54Cl2N4S.CH4.6H2O/c1-20(2)27(32-19-31-15-21-12-22(16-33-35-5)14-25(30)13-21)17-34-11-10-26(28(3,4)18-34)23-6-8-24(29)9-7-23;;;;;;;/h20-27,31-33H,6-19H2,1-5H3;1H4;6*1H2/t21?,22?,23?,24?,25?,26?,27-;;;;;;;/m0......./s1. The van der Waals surface area contributed by atoms with Gasteiger partial charge in [0, 0.05) is 43.1 Å². The molecule has 1 aliphatic heterocycles. The summed E-state index contributed by atoms with van der Waals surface area (Å²) in [6.45, 7) is 16.4. The molecule has 15 N–H and O–H groups in total. The Hall–Kier alpha value is 0.530. The smallest absolute Gasteiger partial charge is 0.0457 e. The molecular formula is C29H70Cl2N4O6S. The quantitative estimate of drug-likeness (QED) is 0.122. The Labute approximate surface area is 271 Å². The summed E-state index contributed by atoms with van der Waals surface area (Å²) in [4.78, 5) is 2.74. The number of likely N-dealkylation sites (tertiary alicyclic amines) is 1. The topological polar surface area (TPSA) is 228 Å². The molecule has 10 nitrogen and oxygen atoms in total. The molecule has 2 saturated carbocycles. The van der Waals surface area contributed by atoms with Crippen molar-refractivity contribution in [2.45, 2.75) is 103 Å². The number of rotatable bonds is 12. The van der Waals surface area contributed by atoms with Gasteiger partial charge in [-0.25, -0.2) is 0 Å². The second kappa shape index (κ2) is 25.7.